The number of aromatic hydroxyl groups is 1. The monoisotopic (exact) mass is 343 g/mol. The van der Waals surface area contributed by atoms with Crippen LogP contribution < -0.4 is 5.32 Å². The first-order valence-electron chi connectivity index (χ1n) is 5.22. The maximum absolute atomic E-state index is 13.0. The number of amides is 1. The molecule has 98 valence electrons. The van der Waals surface area contributed by atoms with Gasteiger partial charge in [0.2, 0.25) is 0 Å². The zero-order chi connectivity index (χ0) is 14.0. The zero-order valence-corrected chi connectivity index (χ0v) is 11.8. The molecule has 3 nitrogen and oxygen atoms in total. The Morgan fingerprint density at radius 2 is 2.00 bits per heavy atom. The minimum absolute atomic E-state index is 0.133. The van der Waals surface area contributed by atoms with Crippen LogP contribution in [0.25, 0.3) is 0 Å². The van der Waals surface area contributed by atoms with Gasteiger partial charge in [-0.25, -0.2) is 4.39 Å². The van der Waals surface area contributed by atoms with E-state index in [1.165, 1.54) is 0 Å². The van der Waals surface area contributed by atoms with Gasteiger partial charge in [-0.1, -0.05) is 11.6 Å². The van der Waals surface area contributed by atoms with Gasteiger partial charge < -0.3 is 10.4 Å². The normalized spacial score (nSPS) is 10.3. The molecule has 0 aliphatic carbocycles. The van der Waals surface area contributed by atoms with Crippen LogP contribution in [0.4, 0.5) is 10.1 Å². The Balaban J connectivity index is 2.25. The van der Waals surface area contributed by atoms with Gasteiger partial charge in [0.1, 0.15) is 11.6 Å². The molecule has 0 saturated carbocycles. The highest BCUT2D eigenvalue weighted by Crippen LogP contribution is 2.26. The number of phenols is 1. The molecule has 0 aromatic heterocycles. The number of hydrogen-bond donors (Lipinski definition) is 2. The van der Waals surface area contributed by atoms with E-state index in [1.54, 1.807) is 18.2 Å². The van der Waals surface area contributed by atoms with E-state index in [-0.39, 0.29) is 11.3 Å². The van der Waals surface area contributed by atoms with E-state index in [4.69, 9.17) is 11.6 Å². The average Bonchev–Trinajstić information content (AvgIpc) is 2.36. The number of hydrogen-bond acceptors (Lipinski definition) is 2. The van der Waals surface area contributed by atoms with Crippen molar-refractivity contribution in [2.75, 3.05) is 5.32 Å². The molecule has 0 bridgehead atoms. The molecule has 1 amide bonds. The lowest BCUT2D eigenvalue weighted by atomic mass is 10.1. The number of halogens is 3. The first-order chi connectivity index (χ1) is 8.97. The highest BCUT2D eigenvalue weighted by Gasteiger charge is 2.12. The van der Waals surface area contributed by atoms with Crippen molar-refractivity contribution in [1.82, 2.24) is 0 Å². The lowest BCUT2D eigenvalue weighted by molar-refractivity contribution is 0.102. The van der Waals surface area contributed by atoms with E-state index in [2.05, 4.69) is 21.2 Å². The summed E-state index contributed by atoms with van der Waals surface area (Å²) in [5.74, 6) is -1.49. The molecule has 0 aliphatic heterocycles. The summed E-state index contributed by atoms with van der Waals surface area (Å²) in [6.45, 7) is 0. The number of rotatable bonds is 2. The van der Waals surface area contributed by atoms with Gasteiger partial charge in [0.05, 0.1) is 10.6 Å². The molecule has 0 spiro atoms. The summed E-state index contributed by atoms with van der Waals surface area (Å²) >= 11 is 9.06. The Morgan fingerprint density at radius 3 is 2.68 bits per heavy atom. The number of carbonyl (C=O) groups is 1. The number of benzene rings is 2. The van der Waals surface area contributed by atoms with Gasteiger partial charge in [0.15, 0.2) is 0 Å². The Morgan fingerprint density at radius 1 is 1.26 bits per heavy atom. The van der Waals surface area contributed by atoms with Gasteiger partial charge in [-0.05, 0) is 52.3 Å². The average molecular weight is 345 g/mol. The Bertz CT molecular complexity index is 649. The maximum atomic E-state index is 13.0. The lowest BCUT2D eigenvalue weighted by Gasteiger charge is -2.08. The molecule has 2 aromatic carbocycles. The van der Waals surface area contributed by atoms with Gasteiger partial charge in [0.25, 0.3) is 5.91 Å². The zero-order valence-electron chi connectivity index (χ0n) is 9.45. The second kappa shape index (κ2) is 5.59. The Labute approximate surface area is 122 Å². The second-order valence-corrected chi connectivity index (χ2v) is 5.01. The van der Waals surface area contributed by atoms with Gasteiger partial charge in [-0.15, -0.1) is 0 Å². The first-order valence-corrected chi connectivity index (χ1v) is 6.39. The predicted octanol–water partition coefficient (Wildman–Crippen LogP) is 4.20. The van der Waals surface area contributed by atoms with Crippen molar-refractivity contribution in [3.63, 3.8) is 0 Å². The van der Waals surface area contributed by atoms with E-state index < -0.39 is 11.7 Å². The Hall–Kier alpha value is -1.59. The minimum Gasteiger partial charge on any atom is -0.507 e. The third-order valence-corrected chi connectivity index (χ3v) is 3.59. The highest BCUT2D eigenvalue weighted by atomic mass is 79.9. The summed E-state index contributed by atoms with van der Waals surface area (Å²) in [6, 6.07) is 7.98. The fourth-order valence-corrected chi connectivity index (χ4v) is 1.96. The first kappa shape index (κ1) is 13.8. The molecule has 0 heterocycles. The van der Waals surface area contributed by atoms with Crippen molar-refractivity contribution in [1.29, 1.82) is 0 Å². The summed E-state index contributed by atoms with van der Waals surface area (Å²) in [5, 5.41) is 12.6. The molecule has 0 atom stereocenters. The van der Waals surface area contributed by atoms with Crippen LogP contribution in [0.1, 0.15) is 10.4 Å². The third-order valence-electron chi connectivity index (χ3n) is 2.38. The third kappa shape index (κ3) is 3.24. The molecule has 0 saturated heterocycles. The van der Waals surface area contributed by atoms with Crippen molar-refractivity contribution < 1.29 is 14.3 Å². The summed E-state index contributed by atoms with van der Waals surface area (Å²) in [5.41, 5.74) is 0.344. The molecule has 19 heavy (non-hydrogen) atoms. The largest absolute Gasteiger partial charge is 0.507 e. The molecule has 0 fully saturated rings. The van der Waals surface area contributed by atoms with Crippen LogP contribution in [0.2, 0.25) is 5.02 Å². The standard InChI is InChI=1S/C13H8BrClFNO2/c14-10-6-8(2-3-11(10)15)17-13(19)9-5-7(16)1-4-12(9)18/h1-6,18H,(H,17,19). The van der Waals surface area contributed by atoms with Crippen LogP contribution >= 0.6 is 27.5 Å². The van der Waals surface area contributed by atoms with Crippen LogP contribution in [-0.4, -0.2) is 11.0 Å². The fraction of sp³-hybridized carbons (Fsp3) is 0. The van der Waals surface area contributed by atoms with Crippen molar-refractivity contribution in [2.45, 2.75) is 0 Å². The topological polar surface area (TPSA) is 49.3 Å². The molecule has 0 aliphatic rings. The second-order valence-electron chi connectivity index (χ2n) is 3.74. The lowest BCUT2D eigenvalue weighted by Crippen LogP contribution is -2.12. The van der Waals surface area contributed by atoms with Gasteiger partial charge >= 0.3 is 0 Å². The molecule has 2 aromatic rings. The smallest absolute Gasteiger partial charge is 0.259 e. The molecule has 0 unspecified atom stereocenters. The van der Waals surface area contributed by atoms with Gasteiger partial charge in [-0.3, -0.25) is 4.79 Å². The quantitative estimate of drug-likeness (QED) is 0.858. The maximum Gasteiger partial charge on any atom is 0.259 e. The Kier molecular flexibility index (Phi) is 4.07. The summed E-state index contributed by atoms with van der Waals surface area (Å²) in [7, 11) is 0. The van der Waals surface area contributed by atoms with E-state index >= 15 is 0 Å². The van der Waals surface area contributed by atoms with Crippen molar-refractivity contribution in [2.24, 2.45) is 0 Å². The van der Waals surface area contributed by atoms with Crippen LogP contribution in [0.3, 0.4) is 0 Å². The van der Waals surface area contributed by atoms with Crippen molar-refractivity contribution in [3.05, 3.63) is 57.3 Å². The minimum atomic E-state index is -0.605. The van der Waals surface area contributed by atoms with Gasteiger partial charge in [0, 0.05) is 10.2 Å². The highest BCUT2D eigenvalue weighted by molar-refractivity contribution is 9.10. The van der Waals surface area contributed by atoms with Crippen LogP contribution in [0.5, 0.6) is 5.75 Å². The molecule has 2 N–H and O–H groups in total. The number of anilines is 1. The summed E-state index contributed by atoms with van der Waals surface area (Å²) in [4.78, 5) is 11.9. The van der Waals surface area contributed by atoms with Crippen LogP contribution in [0.15, 0.2) is 40.9 Å². The van der Waals surface area contributed by atoms with E-state index in [9.17, 15) is 14.3 Å². The molecule has 0 radical (unpaired) electrons. The number of nitrogens with one attached hydrogen (secondary N) is 1. The molecular formula is C13H8BrClFNO2. The number of phenolic OH excluding ortho intramolecular Hbond substituents is 1. The van der Waals surface area contributed by atoms with Crippen LogP contribution in [0, 0.1) is 5.82 Å². The SMILES string of the molecule is O=C(Nc1ccc(Cl)c(Br)c1)c1cc(F)ccc1O. The summed E-state index contributed by atoms with van der Waals surface area (Å²) < 4.78 is 13.7. The van der Waals surface area contributed by atoms with Crippen LogP contribution in [-0.2, 0) is 0 Å². The molecule has 2 rings (SSSR count). The molecule has 6 heteroatoms. The predicted molar refractivity (Wildman–Crippen MR) is 75.2 cm³/mol. The number of carbonyl (C=O) groups excluding carboxylic acids is 1. The van der Waals surface area contributed by atoms with E-state index in [0.717, 1.165) is 18.2 Å². The molecular weight excluding hydrogens is 337 g/mol. The van der Waals surface area contributed by atoms with Gasteiger partial charge in [-0.2, -0.15) is 0 Å². The van der Waals surface area contributed by atoms with Crippen molar-refractivity contribution >= 4 is 39.1 Å². The van der Waals surface area contributed by atoms with Crippen molar-refractivity contribution in [3.8, 4) is 5.75 Å². The van der Waals surface area contributed by atoms with E-state index in [0.29, 0.717) is 15.2 Å². The fourth-order valence-electron chi connectivity index (χ4n) is 1.46. The summed E-state index contributed by atoms with van der Waals surface area (Å²) in [6.07, 6.45) is 0. The van der Waals surface area contributed by atoms with E-state index in [1.807, 2.05) is 0 Å².